The smallest absolute Gasteiger partial charge is 0.137 e. The van der Waals surface area contributed by atoms with Gasteiger partial charge in [0.15, 0.2) is 0 Å². The number of aromatic hydroxyl groups is 1. The minimum absolute atomic E-state index is 0.000718. The van der Waals surface area contributed by atoms with E-state index in [9.17, 15) is 9.50 Å². The molecule has 0 radical (unpaired) electrons. The Morgan fingerprint density at radius 2 is 2.00 bits per heavy atom. The number of rotatable bonds is 1. The van der Waals surface area contributed by atoms with Gasteiger partial charge in [0.25, 0.3) is 0 Å². The van der Waals surface area contributed by atoms with Crippen molar-refractivity contribution in [3.63, 3.8) is 0 Å². The molecule has 0 aliphatic carbocycles. The summed E-state index contributed by atoms with van der Waals surface area (Å²) in [5, 5.41) is 9.47. The van der Waals surface area contributed by atoms with Crippen molar-refractivity contribution < 1.29 is 9.50 Å². The zero-order valence-corrected chi connectivity index (χ0v) is 9.02. The molecule has 0 aliphatic rings. The highest BCUT2D eigenvalue weighted by atomic mass is 79.9. The predicted octanol–water partition coefficient (Wildman–Crippen LogP) is 2.49. The van der Waals surface area contributed by atoms with E-state index >= 15 is 0 Å². The lowest BCUT2D eigenvalue weighted by Crippen LogP contribution is -2.28. The zero-order chi connectivity index (χ0) is 10.2. The molecular formula is C9H11BrFNO. The standard InChI is InChI=1S/C9H11BrFNO/c1-9(2,12)5-3-7(11)6(10)4-8(5)13/h3-4,13H,12H2,1-2H3. The first-order valence-corrected chi connectivity index (χ1v) is 4.59. The number of hydrogen-bond acceptors (Lipinski definition) is 2. The number of benzene rings is 1. The van der Waals surface area contributed by atoms with Gasteiger partial charge in [-0.05, 0) is 41.9 Å². The summed E-state index contributed by atoms with van der Waals surface area (Å²) in [4.78, 5) is 0. The molecular weight excluding hydrogens is 237 g/mol. The average molecular weight is 248 g/mol. The first kappa shape index (κ1) is 10.5. The topological polar surface area (TPSA) is 46.2 Å². The van der Waals surface area contributed by atoms with Gasteiger partial charge in [-0.25, -0.2) is 4.39 Å². The van der Waals surface area contributed by atoms with Crippen molar-refractivity contribution in [2.24, 2.45) is 5.73 Å². The lowest BCUT2D eigenvalue weighted by Gasteiger charge is -2.20. The summed E-state index contributed by atoms with van der Waals surface area (Å²) in [6.07, 6.45) is 0. The van der Waals surface area contributed by atoms with Crippen LogP contribution >= 0.6 is 15.9 Å². The van der Waals surface area contributed by atoms with Crippen LogP contribution in [-0.4, -0.2) is 5.11 Å². The molecule has 13 heavy (non-hydrogen) atoms. The van der Waals surface area contributed by atoms with Crippen LogP contribution in [0.2, 0.25) is 0 Å². The molecule has 0 amide bonds. The fraction of sp³-hybridized carbons (Fsp3) is 0.333. The van der Waals surface area contributed by atoms with Crippen LogP contribution in [0.15, 0.2) is 16.6 Å². The quantitative estimate of drug-likeness (QED) is 0.801. The molecule has 0 aliphatic heterocycles. The van der Waals surface area contributed by atoms with Gasteiger partial charge in [-0.15, -0.1) is 0 Å². The SMILES string of the molecule is CC(C)(N)c1cc(F)c(Br)cc1O. The molecule has 0 atom stereocenters. The van der Waals surface area contributed by atoms with Crippen LogP contribution in [-0.2, 0) is 5.54 Å². The Kier molecular flexibility index (Phi) is 2.63. The average Bonchev–Trinajstić information content (AvgIpc) is 1.94. The van der Waals surface area contributed by atoms with Crippen molar-refractivity contribution in [2.75, 3.05) is 0 Å². The van der Waals surface area contributed by atoms with Crippen LogP contribution in [0.25, 0.3) is 0 Å². The van der Waals surface area contributed by atoms with Crippen LogP contribution < -0.4 is 5.73 Å². The van der Waals surface area contributed by atoms with Gasteiger partial charge in [-0.2, -0.15) is 0 Å². The second kappa shape index (κ2) is 3.27. The molecule has 0 aromatic heterocycles. The first-order chi connectivity index (χ1) is 5.82. The molecule has 0 bridgehead atoms. The van der Waals surface area contributed by atoms with Crippen molar-refractivity contribution in [3.8, 4) is 5.75 Å². The third kappa shape index (κ3) is 2.19. The third-order valence-electron chi connectivity index (χ3n) is 1.73. The molecule has 0 spiro atoms. The van der Waals surface area contributed by atoms with E-state index < -0.39 is 11.4 Å². The van der Waals surface area contributed by atoms with Crippen molar-refractivity contribution in [1.82, 2.24) is 0 Å². The van der Waals surface area contributed by atoms with Gasteiger partial charge in [0.2, 0.25) is 0 Å². The number of nitrogens with two attached hydrogens (primary N) is 1. The molecule has 1 aromatic carbocycles. The van der Waals surface area contributed by atoms with Crippen LogP contribution in [0.5, 0.6) is 5.75 Å². The van der Waals surface area contributed by atoms with E-state index in [2.05, 4.69) is 15.9 Å². The molecule has 0 saturated carbocycles. The summed E-state index contributed by atoms with van der Waals surface area (Å²) < 4.78 is 13.3. The molecule has 0 fully saturated rings. The first-order valence-electron chi connectivity index (χ1n) is 3.79. The summed E-state index contributed by atoms with van der Waals surface area (Å²) in [5.74, 6) is -0.424. The van der Waals surface area contributed by atoms with E-state index in [4.69, 9.17) is 5.73 Å². The van der Waals surface area contributed by atoms with Gasteiger partial charge in [-0.3, -0.25) is 0 Å². The van der Waals surface area contributed by atoms with E-state index in [1.807, 2.05) is 0 Å². The van der Waals surface area contributed by atoms with E-state index in [0.717, 1.165) is 0 Å². The maximum absolute atomic E-state index is 13.1. The highest BCUT2D eigenvalue weighted by Gasteiger charge is 2.20. The molecule has 0 saturated heterocycles. The van der Waals surface area contributed by atoms with Crippen LogP contribution in [0.3, 0.4) is 0 Å². The molecule has 1 rings (SSSR count). The Labute approximate surface area is 84.7 Å². The third-order valence-corrected chi connectivity index (χ3v) is 2.34. The Morgan fingerprint density at radius 3 is 2.46 bits per heavy atom. The van der Waals surface area contributed by atoms with Crippen molar-refractivity contribution in [1.29, 1.82) is 0 Å². The van der Waals surface area contributed by atoms with Crippen molar-refractivity contribution in [3.05, 3.63) is 28.0 Å². The van der Waals surface area contributed by atoms with Gasteiger partial charge >= 0.3 is 0 Å². The number of halogens is 2. The van der Waals surface area contributed by atoms with Gasteiger partial charge in [-0.1, -0.05) is 0 Å². The van der Waals surface area contributed by atoms with Crippen LogP contribution in [0.4, 0.5) is 4.39 Å². The van der Waals surface area contributed by atoms with Crippen LogP contribution in [0.1, 0.15) is 19.4 Å². The van der Waals surface area contributed by atoms with Crippen molar-refractivity contribution in [2.45, 2.75) is 19.4 Å². The summed E-state index contributed by atoms with van der Waals surface area (Å²) in [6, 6.07) is 2.54. The Balaban J connectivity index is 3.32. The van der Waals surface area contributed by atoms with Crippen LogP contribution in [0, 0.1) is 5.82 Å². The maximum atomic E-state index is 13.1. The number of hydrogen-bond donors (Lipinski definition) is 2. The summed E-state index contributed by atoms with van der Waals surface area (Å²) in [5.41, 5.74) is 5.39. The molecule has 1 aromatic rings. The van der Waals surface area contributed by atoms with Gasteiger partial charge in [0, 0.05) is 11.1 Å². The minimum Gasteiger partial charge on any atom is -0.508 e. The normalized spacial score (nSPS) is 11.8. The Bertz CT molecular complexity index is 333. The molecule has 0 heterocycles. The lowest BCUT2D eigenvalue weighted by molar-refractivity contribution is 0.436. The molecule has 0 unspecified atom stereocenters. The lowest BCUT2D eigenvalue weighted by atomic mass is 9.95. The van der Waals surface area contributed by atoms with E-state index in [1.54, 1.807) is 13.8 Å². The van der Waals surface area contributed by atoms with Gasteiger partial charge in [0.1, 0.15) is 11.6 Å². The molecule has 3 N–H and O–H groups in total. The largest absolute Gasteiger partial charge is 0.508 e. The fourth-order valence-corrected chi connectivity index (χ4v) is 1.38. The number of phenols is 1. The highest BCUT2D eigenvalue weighted by Crippen LogP contribution is 2.31. The highest BCUT2D eigenvalue weighted by molar-refractivity contribution is 9.10. The fourth-order valence-electron chi connectivity index (χ4n) is 1.05. The van der Waals surface area contributed by atoms with Crippen molar-refractivity contribution >= 4 is 15.9 Å². The second-order valence-corrected chi connectivity index (χ2v) is 4.36. The molecule has 4 heteroatoms. The Morgan fingerprint density at radius 1 is 1.46 bits per heavy atom. The van der Waals surface area contributed by atoms with Gasteiger partial charge in [0.05, 0.1) is 4.47 Å². The summed E-state index contributed by atoms with van der Waals surface area (Å²) in [7, 11) is 0. The van der Waals surface area contributed by atoms with Gasteiger partial charge < -0.3 is 10.8 Å². The van der Waals surface area contributed by atoms with E-state index in [0.29, 0.717) is 5.56 Å². The number of phenolic OH excluding ortho intramolecular Hbond substituents is 1. The summed E-state index contributed by atoms with van der Waals surface area (Å²) >= 11 is 2.97. The zero-order valence-electron chi connectivity index (χ0n) is 7.44. The van der Waals surface area contributed by atoms with E-state index in [1.165, 1.54) is 12.1 Å². The second-order valence-electron chi connectivity index (χ2n) is 3.51. The monoisotopic (exact) mass is 247 g/mol. The minimum atomic E-state index is -0.744. The Hall–Kier alpha value is -0.610. The van der Waals surface area contributed by atoms with E-state index in [-0.39, 0.29) is 10.2 Å². The summed E-state index contributed by atoms with van der Waals surface area (Å²) in [6.45, 7) is 3.41. The molecule has 72 valence electrons. The predicted molar refractivity (Wildman–Crippen MR) is 53.0 cm³/mol. The maximum Gasteiger partial charge on any atom is 0.137 e. The molecule has 2 nitrogen and oxygen atoms in total.